The third kappa shape index (κ3) is 6.74. The van der Waals surface area contributed by atoms with Crippen LogP contribution >= 0.6 is 0 Å². The van der Waals surface area contributed by atoms with Crippen molar-refractivity contribution in [2.45, 2.75) is 25.8 Å². The van der Waals surface area contributed by atoms with Gasteiger partial charge in [-0.1, -0.05) is 36.4 Å². The van der Waals surface area contributed by atoms with Crippen molar-refractivity contribution in [2.75, 3.05) is 33.4 Å². The minimum Gasteiger partial charge on any atom is -0.379 e. The Morgan fingerprint density at radius 3 is 2.20 bits per heavy atom. The largest absolute Gasteiger partial charge is 0.416 e. The number of ether oxygens (including phenoxy) is 1. The van der Waals surface area contributed by atoms with Crippen LogP contribution in [0.25, 0.3) is 0 Å². The smallest absolute Gasteiger partial charge is 0.379 e. The molecule has 2 N–H and O–H groups in total. The summed E-state index contributed by atoms with van der Waals surface area (Å²) in [5.41, 5.74) is 2.24. The van der Waals surface area contributed by atoms with Crippen LogP contribution in [-0.4, -0.2) is 44.2 Å². The maximum atomic E-state index is 12.9. The summed E-state index contributed by atoms with van der Waals surface area (Å²) in [7, 11) is 1.64. The zero-order chi connectivity index (χ0) is 21.4. The molecule has 0 amide bonds. The molecule has 0 radical (unpaired) electrons. The Balaban J connectivity index is 1.51. The first-order valence-electron chi connectivity index (χ1n) is 9.92. The van der Waals surface area contributed by atoms with Crippen LogP contribution in [0, 0.1) is 0 Å². The van der Waals surface area contributed by atoms with E-state index in [1.54, 1.807) is 13.1 Å². The highest BCUT2D eigenvalue weighted by Gasteiger charge is 2.30. The third-order valence-corrected chi connectivity index (χ3v) is 4.90. The lowest BCUT2D eigenvalue weighted by Crippen LogP contribution is -2.36. The summed E-state index contributed by atoms with van der Waals surface area (Å²) >= 11 is 0. The number of benzene rings is 2. The Kier molecular flexibility index (Phi) is 7.70. The third-order valence-electron chi connectivity index (χ3n) is 4.90. The lowest BCUT2D eigenvalue weighted by atomic mass is 10.1. The fourth-order valence-electron chi connectivity index (χ4n) is 3.31. The topological polar surface area (TPSA) is 48.9 Å². The number of alkyl halides is 3. The van der Waals surface area contributed by atoms with Crippen molar-refractivity contribution in [1.82, 2.24) is 15.5 Å². The molecule has 0 spiro atoms. The Labute approximate surface area is 174 Å². The predicted octanol–water partition coefficient (Wildman–Crippen LogP) is 3.40. The molecule has 2 aromatic carbocycles. The van der Waals surface area contributed by atoms with Gasteiger partial charge in [-0.05, 0) is 28.8 Å². The molecule has 0 unspecified atom stereocenters. The van der Waals surface area contributed by atoms with Crippen molar-refractivity contribution in [3.05, 3.63) is 70.8 Å². The van der Waals surface area contributed by atoms with Gasteiger partial charge in [-0.25, -0.2) is 0 Å². The molecule has 1 aliphatic rings. The second kappa shape index (κ2) is 10.4. The molecule has 0 bridgehead atoms. The molecule has 30 heavy (non-hydrogen) atoms. The number of morpholine rings is 1. The van der Waals surface area contributed by atoms with Crippen LogP contribution in [0.3, 0.4) is 0 Å². The second-order valence-electron chi connectivity index (χ2n) is 7.19. The first-order chi connectivity index (χ1) is 14.4. The molecule has 0 aromatic heterocycles. The quantitative estimate of drug-likeness (QED) is 0.556. The van der Waals surface area contributed by atoms with Crippen molar-refractivity contribution >= 4 is 5.96 Å². The van der Waals surface area contributed by atoms with Gasteiger partial charge in [0.15, 0.2) is 5.96 Å². The van der Waals surface area contributed by atoms with Crippen LogP contribution < -0.4 is 10.6 Å². The van der Waals surface area contributed by atoms with Crippen LogP contribution in [0.2, 0.25) is 0 Å². The molecule has 1 heterocycles. The molecule has 0 atom stereocenters. The standard InChI is InChI=1S/C22H27F3N4O/c1-26-21(28-15-18-5-3-7-20(13-18)22(23,24)25)27-14-17-4-2-6-19(12-17)16-29-8-10-30-11-9-29/h2-7,12-13H,8-11,14-16H2,1H3,(H2,26,27,28). The average Bonchev–Trinajstić information content (AvgIpc) is 2.74. The van der Waals surface area contributed by atoms with E-state index in [2.05, 4.69) is 32.7 Å². The maximum Gasteiger partial charge on any atom is 0.416 e. The monoisotopic (exact) mass is 420 g/mol. The number of nitrogens with zero attached hydrogens (tertiary/aromatic N) is 2. The highest BCUT2D eigenvalue weighted by Crippen LogP contribution is 2.29. The number of hydrogen-bond donors (Lipinski definition) is 2. The van der Waals surface area contributed by atoms with E-state index in [4.69, 9.17) is 4.74 Å². The number of nitrogens with one attached hydrogen (secondary N) is 2. The first kappa shape index (κ1) is 22.1. The van der Waals surface area contributed by atoms with E-state index in [1.807, 2.05) is 12.1 Å². The van der Waals surface area contributed by atoms with Crippen molar-refractivity contribution in [3.8, 4) is 0 Å². The molecule has 8 heteroatoms. The normalized spacial score (nSPS) is 15.8. The number of aliphatic imine (C=N–C) groups is 1. The first-order valence-corrected chi connectivity index (χ1v) is 9.92. The maximum absolute atomic E-state index is 12.9. The molecule has 5 nitrogen and oxygen atoms in total. The van der Waals surface area contributed by atoms with Crippen molar-refractivity contribution < 1.29 is 17.9 Å². The summed E-state index contributed by atoms with van der Waals surface area (Å²) in [4.78, 5) is 6.52. The van der Waals surface area contributed by atoms with E-state index in [-0.39, 0.29) is 6.54 Å². The summed E-state index contributed by atoms with van der Waals surface area (Å²) in [5, 5.41) is 6.28. The van der Waals surface area contributed by atoms with Gasteiger partial charge in [0, 0.05) is 39.8 Å². The van der Waals surface area contributed by atoms with E-state index in [0.29, 0.717) is 18.1 Å². The van der Waals surface area contributed by atoms with Gasteiger partial charge in [0.05, 0.1) is 18.8 Å². The fraction of sp³-hybridized carbons (Fsp3) is 0.409. The number of rotatable bonds is 6. The fourth-order valence-corrected chi connectivity index (χ4v) is 3.31. The molecule has 0 aliphatic carbocycles. The van der Waals surface area contributed by atoms with Crippen LogP contribution in [-0.2, 0) is 30.5 Å². The van der Waals surface area contributed by atoms with Gasteiger partial charge in [0.1, 0.15) is 0 Å². The van der Waals surface area contributed by atoms with Gasteiger partial charge >= 0.3 is 6.18 Å². The minimum atomic E-state index is -4.35. The molecule has 1 fully saturated rings. The highest BCUT2D eigenvalue weighted by atomic mass is 19.4. The van der Waals surface area contributed by atoms with E-state index in [1.165, 1.54) is 11.6 Å². The van der Waals surface area contributed by atoms with Gasteiger partial charge in [-0.2, -0.15) is 13.2 Å². The van der Waals surface area contributed by atoms with Gasteiger partial charge < -0.3 is 15.4 Å². The highest BCUT2D eigenvalue weighted by molar-refractivity contribution is 5.79. The van der Waals surface area contributed by atoms with Gasteiger partial charge in [0.2, 0.25) is 0 Å². The Morgan fingerprint density at radius 2 is 1.57 bits per heavy atom. The number of guanidine groups is 1. The molecule has 2 aromatic rings. The summed E-state index contributed by atoms with van der Waals surface area (Å²) in [6.07, 6.45) is -4.35. The van der Waals surface area contributed by atoms with Gasteiger partial charge in [0.25, 0.3) is 0 Å². The van der Waals surface area contributed by atoms with Crippen LogP contribution in [0.5, 0.6) is 0 Å². The van der Waals surface area contributed by atoms with Crippen molar-refractivity contribution in [3.63, 3.8) is 0 Å². The zero-order valence-electron chi connectivity index (χ0n) is 17.0. The van der Waals surface area contributed by atoms with Gasteiger partial charge in [-0.15, -0.1) is 0 Å². The second-order valence-corrected chi connectivity index (χ2v) is 7.19. The molecule has 3 rings (SSSR count). The van der Waals surface area contributed by atoms with Crippen molar-refractivity contribution in [1.29, 1.82) is 0 Å². The molecular formula is C22H27F3N4O. The molecule has 1 aliphatic heterocycles. The SMILES string of the molecule is CN=C(NCc1cccc(CN2CCOCC2)c1)NCc1cccc(C(F)(F)F)c1. The van der Waals surface area contributed by atoms with Crippen molar-refractivity contribution in [2.24, 2.45) is 4.99 Å². The van der Waals surface area contributed by atoms with Crippen LogP contribution in [0.4, 0.5) is 13.2 Å². The molecule has 1 saturated heterocycles. The van der Waals surface area contributed by atoms with Crippen LogP contribution in [0.15, 0.2) is 53.5 Å². The number of halogens is 3. The predicted molar refractivity (Wildman–Crippen MR) is 111 cm³/mol. The Bertz CT molecular complexity index is 848. The molecule has 162 valence electrons. The van der Waals surface area contributed by atoms with E-state index in [9.17, 15) is 13.2 Å². The van der Waals surface area contributed by atoms with Crippen LogP contribution in [0.1, 0.15) is 22.3 Å². The molecular weight excluding hydrogens is 393 g/mol. The van der Waals surface area contributed by atoms with E-state index >= 15 is 0 Å². The summed E-state index contributed by atoms with van der Waals surface area (Å²) in [5.74, 6) is 0.533. The van der Waals surface area contributed by atoms with Gasteiger partial charge in [-0.3, -0.25) is 9.89 Å². The van der Waals surface area contributed by atoms with E-state index in [0.717, 1.165) is 50.5 Å². The molecule has 0 saturated carbocycles. The summed E-state index contributed by atoms with van der Waals surface area (Å²) in [6, 6.07) is 13.6. The summed E-state index contributed by atoms with van der Waals surface area (Å²) < 4.78 is 44.0. The average molecular weight is 420 g/mol. The minimum absolute atomic E-state index is 0.251. The Morgan fingerprint density at radius 1 is 0.967 bits per heavy atom. The summed E-state index contributed by atoms with van der Waals surface area (Å²) in [6.45, 7) is 5.13. The number of hydrogen-bond acceptors (Lipinski definition) is 3. The van der Waals surface area contributed by atoms with E-state index < -0.39 is 11.7 Å². The lowest BCUT2D eigenvalue weighted by Gasteiger charge is -2.26. The lowest BCUT2D eigenvalue weighted by molar-refractivity contribution is -0.137. The zero-order valence-corrected chi connectivity index (χ0v) is 17.0. The Hall–Kier alpha value is -2.58.